The zero-order chi connectivity index (χ0) is 14.0. The van der Waals surface area contributed by atoms with Gasteiger partial charge in [-0.15, -0.1) is 0 Å². The first-order valence-corrected chi connectivity index (χ1v) is 6.35. The van der Waals surface area contributed by atoms with Gasteiger partial charge in [0.1, 0.15) is 0 Å². The molecule has 5 heteroatoms. The third-order valence-electron chi connectivity index (χ3n) is 3.12. The maximum absolute atomic E-state index is 12.0. The van der Waals surface area contributed by atoms with Crippen LogP contribution in [0.25, 0.3) is 0 Å². The van der Waals surface area contributed by atoms with E-state index in [0.29, 0.717) is 11.3 Å². The van der Waals surface area contributed by atoms with Crippen molar-refractivity contribution in [3.63, 3.8) is 0 Å². The van der Waals surface area contributed by atoms with Gasteiger partial charge >= 0.3 is 5.97 Å². The Morgan fingerprint density at radius 1 is 1.42 bits per heavy atom. The number of nitrogens with one attached hydrogen (secondary N) is 1. The highest BCUT2D eigenvalue weighted by atomic mass is 16.5. The maximum atomic E-state index is 12.0. The Morgan fingerprint density at radius 3 is 2.74 bits per heavy atom. The van der Waals surface area contributed by atoms with Crippen molar-refractivity contribution in [1.82, 2.24) is 5.32 Å². The van der Waals surface area contributed by atoms with Crippen molar-refractivity contribution in [2.75, 3.05) is 5.73 Å². The number of hydrogen-bond donors (Lipinski definition) is 2. The number of ether oxygens (including phenoxy) is 1. The van der Waals surface area contributed by atoms with Crippen molar-refractivity contribution in [2.24, 2.45) is 0 Å². The van der Waals surface area contributed by atoms with Crippen molar-refractivity contribution in [2.45, 2.75) is 38.8 Å². The van der Waals surface area contributed by atoms with E-state index in [9.17, 15) is 9.59 Å². The highest BCUT2D eigenvalue weighted by Gasteiger charge is 2.27. The minimum Gasteiger partial charge on any atom is -0.449 e. The van der Waals surface area contributed by atoms with Crippen LogP contribution in [0.2, 0.25) is 0 Å². The molecule has 0 saturated heterocycles. The van der Waals surface area contributed by atoms with Crippen LogP contribution in [0.15, 0.2) is 18.2 Å². The molecule has 1 aromatic carbocycles. The second kappa shape index (κ2) is 5.30. The Kier molecular flexibility index (Phi) is 3.74. The maximum Gasteiger partial charge on any atom is 0.341 e. The monoisotopic (exact) mass is 262 g/mol. The predicted octanol–water partition coefficient (Wildman–Crippen LogP) is 1.40. The zero-order valence-electron chi connectivity index (χ0n) is 11.1. The number of hydrogen-bond acceptors (Lipinski definition) is 4. The Labute approximate surface area is 112 Å². The summed E-state index contributed by atoms with van der Waals surface area (Å²) in [7, 11) is 0. The number of benzene rings is 1. The molecule has 1 atom stereocenters. The summed E-state index contributed by atoms with van der Waals surface area (Å²) in [6, 6.07) is 5.39. The Morgan fingerprint density at radius 2 is 2.11 bits per heavy atom. The lowest BCUT2D eigenvalue weighted by Gasteiger charge is -2.14. The zero-order valence-corrected chi connectivity index (χ0v) is 11.1. The van der Waals surface area contributed by atoms with Crippen LogP contribution >= 0.6 is 0 Å². The number of esters is 1. The van der Waals surface area contributed by atoms with Crippen LogP contribution in [0.1, 0.15) is 35.7 Å². The molecule has 1 aliphatic carbocycles. The predicted molar refractivity (Wildman–Crippen MR) is 71.6 cm³/mol. The Bertz CT molecular complexity index is 509. The van der Waals surface area contributed by atoms with Gasteiger partial charge in [-0.25, -0.2) is 4.79 Å². The number of nitrogens with two attached hydrogens (primary N) is 1. The van der Waals surface area contributed by atoms with E-state index in [4.69, 9.17) is 10.5 Å². The van der Waals surface area contributed by atoms with Crippen molar-refractivity contribution in [3.8, 4) is 0 Å². The standard InChI is InChI=1S/C14H18N2O3/c1-8-4-3-5-11(12(8)15)14(18)19-9(2)13(17)16-10-6-7-10/h3-5,9-10H,6-7,15H2,1-2H3,(H,16,17)/t9-/m0/s1. The van der Waals surface area contributed by atoms with Crippen molar-refractivity contribution >= 4 is 17.6 Å². The van der Waals surface area contributed by atoms with Gasteiger partial charge < -0.3 is 15.8 Å². The quantitative estimate of drug-likeness (QED) is 0.635. The number of anilines is 1. The number of nitrogen functional groups attached to an aromatic ring is 1. The van der Waals surface area contributed by atoms with Crippen LogP contribution in [0, 0.1) is 6.92 Å². The minimum absolute atomic E-state index is 0.248. The molecule has 0 aliphatic heterocycles. The van der Waals surface area contributed by atoms with Gasteiger partial charge in [0.15, 0.2) is 6.10 Å². The average Bonchev–Trinajstić information content (AvgIpc) is 3.16. The first-order valence-electron chi connectivity index (χ1n) is 6.35. The first-order chi connectivity index (χ1) is 8.99. The summed E-state index contributed by atoms with van der Waals surface area (Å²) in [4.78, 5) is 23.6. The fourth-order valence-corrected chi connectivity index (χ4v) is 1.68. The van der Waals surface area contributed by atoms with Gasteiger partial charge in [-0.3, -0.25) is 4.79 Å². The van der Waals surface area contributed by atoms with E-state index in [0.717, 1.165) is 18.4 Å². The lowest BCUT2D eigenvalue weighted by Crippen LogP contribution is -2.37. The normalized spacial score (nSPS) is 15.7. The van der Waals surface area contributed by atoms with Gasteiger partial charge in [0.05, 0.1) is 5.56 Å². The van der Waals surface area contributed by atoms with Gasteiger partial charge in [-0.05, 0) is 38.3 Å². The van der Waals surface area contributed by atoms with Gasteiger partial charge in [0.25, 0.3) is 5.91 Å². The molecule has 1 amide bonds. The van der Waals surface area contributed by atoms with Crippen molar-refractivity contribution < 1.29 is 14.3 Å². The molecule has 1 saturated carbocycles. The molecule has 0 bridgehead atoms. The molecule has 0 aromatic heterocycles. The van der Waals surface area contributed by atoms with Crippen molar-refractivity contribution in [3.05, 3.63) is 29.3 Å². The molecule has 1 aliphatic rings. The van der Waals surface area contributed by atoms with Crippen molar-refractivity contribution in [1.29, 1.82) is 0 Å². The molecule has 5 nitrogen and oxygen atoms in total. The van der Waals surface area contributed by atoms with Crippen LogP contribution in [-0.4, -0.2) is 24.0 Å². The Hall–Kier alpha value is -2.04. The number of carbonyl (C=O) groups is 2. The van der Waals surface area contributed by atoms with E-state index in [1.54, 1.807) is 19.1 Å². The summed E-state index contributed by atoms with van der Waals surface area (Å²) in [5.41, 5.74) is 7.32. The molecular weight excluding hydrogens is 244 g/mol. The van der Waals surface area contributed by atoms with Crippen LogP contribution in [-0.2, 0) is 9.53 Å². The van der Waals surface area contributed by atoms with Gasteiger partial charge in [-0.2, -0.15) is 0 Å². The largest absolute Gasteiger partial charge is 0.449 e. The third kappa shape index (κ3) is 3.24. The highest BCUT2D eigenvalue weighted by Crippen LogP contribution is 2.20. The molecule has 19 heavy (non-hydrogen) atoms. The summed E-state index contributed by atoms with van der Waals surface area (Å²) in [5.74, 6) is -0.832. The van der Waals surface area contributed by atoms with Crippen LogP contribution in [0.5, 0.6) is 0 Å². The van der Waals surface area contributed by atoms with E-state index >= 15 is 0 Å². The fourth-order valence-electron chi connectivity index (χ4n) is 1.68. The summed E-state index contributed by atoms with van der Waals surface area (Å²) in [5, 5.41) is 2.79. The minimum atomic E-state index is -0.812. The fraction of sp³-hybridized carbons (Fsp3) is 0.429. The van der Waals surface area contributed by atoms with E-state index in [2.05, 4.69) is 5.32 Å². The second-order valence-corrected chi connectivity index (χ2v) is 4.87. The van der Waals surface area contributed by atoms with Crippen LogP contribution in [0.4, 0.5) is 5.69 Å². The number of para-hydroxylation sites is 1. The summed E-state index contributed by atoms with van der Waals surface area (Å²) >= 11 is 0. The lowest BCUT2D eigenvalue weighted by molar-refractivity contribution is -0.129. The number of carbonyl (C=O) groups excluding carboxylic acids is 2. The average molecular weight is 262 g/mol. The SMILES string of the molecule is Cc1cccc(C(=O)O[C@@H](C)C(=O)NC2CC2)c1N. The first kappa shape index (κ1) is 13.4. The molecule has 1 aromatic rings. The molecule has 0 radical (unpaired) electrons. The summed E-state index contributed by atoms with van der Waals surface area (Å²) in [6.45, 7) is 3.37. The molecule has 1 fully saturated rings. The summed E-state index contributed by atoms with van der Waals surface area (Å²) < 4.78 is 5.13. The number of amides is 1. The number of aryl methyl sites for hydroxylation is 1. The number of rotatable bonds is 4. The molecule has 3 N–H and O–H groups in total. The van der Waals surface area contributed by atoms with Gasteiger partial charge in [0, 0.05) is 11.7 Å². The van der Waals surface area contributed by atoms with E-state index in [-0.39, 0.29) is 11.9 Å². The highest BCUT2D eigenvalue weighted by molar-refractivity contribution is 5.97. The molecule has 102 valence electrons. The molecule has 0 spiro atoms. The van der Waals surface area contributed by atoms with E-state index in [1.807, 2.05) is 13.0 Å². The molecular formula is C14H18N2O3. The third-order valence-corrected chi connectivity index (χ3v) is 3.12. The van der Waals surface area contributed by atoms with Crippen LogP contribution < -0.4 is 11.1 Å². The van der Waals surface area contributed by atoms with Gasteiger partial charge in [-0.1, -0.05) is 12.1 Å². The molecule has 0 heterocycles. The van der Waals surface area contributed by atoms with E-state index < -0.39 is 12.1 Å². The van der Waals surface area contributed by atoms with Gasteiger partial charge in [0.2, 0.25) is 0 Å². The lowest BCUT2D eigenvalue weighted by atomic mass is 10.1. The Balaban J connectivity index is 1.99. The second-order valence-electron chi connectivity index (χ2n) is 4.87. The molecule has 0 unspecified atom stereocenters. The van der Waals surface area contributed by atoms with Crippen LogP contribution in [0.3, 0.4) is 0 Å². The molecule has 2 rings (SSSR count). The topological polar surface area (TPSA) is 81.4 Å². The van der Waals surface area contributed by atoms with E-state index in [1.165, 1.54) is 0 Å². The summed E-state index contributed by atoms with van der Waals surface area (Å²) in [6.07, 6.45) is 1.18. The smallest absolute Gasteiger partial charge is 0.341 e.